The summed E-state index contributed by atoms with van der Waals surface area (Å²) >= 11 is 11.8. The van der Waals surface area contributed by atoms with Gasteiger partial charge in [-0.3, -0.25) is 0 Å². The molecule has 7 heteroatoms. The van der Waals surface area contributed by atoms with Crippen molar-refractivity contribution in [1.29, 1.82) is 0 Å². The number of hydrogen-bond acceptors (Lipinski definition) is 3. The van der Waals surface area contributed by atoms with Crippen LogP contribution in [-0.4, -0.2) is 9.97 Å². The molecular formula is C12H10Cl2N3OP. The van der Waals surface area contributed by atoms with Gasteiger partial charge in [0, 0.05) is 0 Å². The second-order valence-electron chi connectivity index (χ2n) is 3.92. The highest BCUT2D eigenvalue weighted by Gasteiger charge is 2.18. The van der Waals surface area contributed by atoms with Crippen LogP contribution in [0.1, 0.15) is 11.1 Å². The average Bonchev–Trinajstić information content (AvgIpc) is 2.39. The lowest BCUT2D eigenvalue weighted by Gasteiger charge is -2.19. The van der Waals surface area contributed by atoms with Crippen molar-refractivity contribution in [2.75, 3.05) is 4.67 Å². The lowest BCUT2D eigenvalue weighted by molar-refractivity contribution is 0.598. The zero-order valence-electron chi connectivity index (χ0n) is 10.3. The molecule has 0 N–H and O–H groups in total. The predicted octanol–water partition coefficient (Wildman–Crippen LogP) is 4.75. The van der Waals surface area contributed by atoms with Gasteiger partial charge in [0.15, 0.2) is 5.82 Å². The van der Waals surface area contributed by atoms with E-state index in [0.29, 0.717) is 5.82 Å². The molecule has 98 valence electrons. The monoisotopic (exact) mass is 313 g/mol. The van der Waals surface area contributed by atoms with Gasteiger partial charge in [0.05, 0.1) is 11.9 Å². The number of halogens is 2. The first-order valence-electron chi connectivity index (χ1n) is 5.42. The molecule has 19 heavy (non-hydrogen) atoms. The van der Waals surface area contributed by atoms with Gasteiger partial charge in [-0.1, -0.05) is 23.7 Å². The molecule has 0 saturated carbocycles. The third-order valence-corrected chi connectivity index (χ3v) is 3.80. The largest absolute Gasteiger partial charge is 0.288 e. The quantitative estimate of drug-likeness (QED) is 0.606. The first-order chi connectivity index (χ1) is 9.04. The molecule has 0 saturated heterocycles. The van der Waals surface area contributed by atoms with E-state index in [-0.39, 0.29) is 18.9 Å². The molecule has 1 aromatic heterocycles. The van der Waals surface area contributed by atoms with E-state index in [9.17, 15) is 4.57 Å². The molecule has 0 aliphatic carbocycles. The fraction of sp³-hybridized carbons (Fsp3) is 0.167. The number of hydrogen-bond donors (Lipinski definition) is 0. The number of rotatable bonds is 3. The van der Waals surface area contributed by atoms with E-state index in [4.69, 9.17) is 23.2 Å². The SMILES string of the molecule is Cc1cccc(N(P=O)c2nc(Cl)ncc2Cl)c1C. The van der Waals surface area contributed by atoms with Crippen LogP contribution in [0, 0.1) is 13.8 Å². The smallest absolute Gasteiger partial charge is 0.248 e. The number of aromatic nitrogens is 2. The summed E-state index contributed by atoms with van der Waals surface area (Å²) in [4.78, 5) is 7.81. The second-order valence-corrected chi connectivity index (χ2v) is 5.23. The van der Waals surface area contributed by atoms with E-state index in [0.717, 1.165) is 16.8 Å². The maximum Gasteiger partial charge on any atom is 0.288 e. The standard InChI is InChI=1S/C12H10Cl2N3OP/c1-7-4-3-5-10(8(7)2)17(19-18)11-9(13)6-15-12(14)16-11/h3-6H,1-2H3. The summed E-state index contributed by atoms with van der Waals surface area (Å²) in [5, 5.41) is 0.340. The van der Waals surface area contributed by atoms with Crippen LogP contribution in [0.4, 0.5) is 11.5 Å². The van der Waals surface area contributed by atoms with Crippen molar-refractivity contribution in [3.05, 3.63) is 45.8 Å². The van der Waals surface area contributed by atoms with Crippen molar-refractivity contribution in [2.24, 2.45) is 0 Å². The Morgan fingerprint density at radius 1 is 1.26 bits per heavy atom. The fourth-order valence-corrected chi connectivity index (χ4v) is 2.55. The minimum atomic E-state index is -0.244. The Morgan fingerprint density at radius 3 is 2.68 bits per heavy atom. The Balaban J connectivity index is 2.59. The van der Waals surface area contributed by atoms with Crippen molar-refractivity contribution in [3.63, 3.8) is 0 Å². The van der Waals surface area contributed by atoms with Gasteiger partial charge in [-0.2, -0.15) is 4.98 Å². The maximum atomic E-state index is 11.5. The third-order valence-electron chi connectivity index (χ3n) is 2.78. The van der Waals surface area contributed by atoms with Gasteiger partial charge in [-0.05, 0) is 42.6 Å². The molecule has 0 aliphatic rings. The Morgan fingerprint density at radius 2 is 2.00 bits per heavy atom. The lowest BCUT2D eigenvalue weighted by atomic mass is 10.1. The summed E-state index contributed by atoms with van der Waals surface area (Å²) in [5.74, 6) is 0.312. The first-order valence-corrected chi connectivity index (χ1v) is 6.94. The molecule has 0 atom stereocenters. The van der Waals surface area contributed by atoms with Gasteiger partial charge in [0.2, 0.25) is 5.28 Å². The minimum Gasteiger partial charge on any atom is -0.248 e. The molecule has 0 bridgehead atoms. The van der Waals surface area contributed by atoms with E-state index in [1.54, 1.807) is 0 Å². The van der Waals surface area contributed by atoms with Crippen LogP contribution >= 0.6 is 31.8 Å². The summed E-state index contributed by atoms with van der Waals surface area (Å²) in [6, 6.07) is 5.71. The van der Waals surface area contributed by atoms with Gasteiger partial charge in [0.1, 0.15) is 5.02 Å². The van der Waals surface area contributed by atoms with Gasteiger partial charge in [-0.15, -0.1) is 0 Å². The van der Waals surface area contributed by atoms with Crippen LogP contribution in [-0.2, 0) is 4.57 Å². The topological polar surface area (TPSA) is 46.1 Å². The van der Waals surface area contributed by atoms with Crippen molar-refractivity contribution in [1.82, 2.24) is 9.97 Å². The third kappa shape index (κ3) is 2.86. The summed E-state index contributed by atoms with van der Waals surface area (Å²) < 4.78 is 13.0. The van der Waals surface area contributed by atoms with E-state index in [2.05, 4.69) is 9.97 Å². The molecule has 1 aromatic carbocycles. The zero-order chi connectivity index (χ0) is 14.0. The van der Waals surface area contributed by atoms with Crippen LogP contribution in [0.2, 0.25) is 10.3 Å². The molecule has 0 spiro atoms. The number of aryl methyl sites for hydroxylation is 1. The molecule has 0 unspecified atom stereocenters. The molecule has 0 radical (unpaired) electrons. The van der Waals surface area contributed by atoms with Gasteiger partial charge < -0.3 is 0 Å². The Bertz CT molecular complexity index is 634. The highest BCUT2D eigenvalue weighted by molar-refractivity contribution is 7.26. The lowest BCUT2D eigenvalue weighted by Crippen LogP contribution is -2.08. The second kappa shape index (κ2) is 5.83. The molecule has 4 nitrogen and oxygen atoms in total. The summed E-state index contributed by atoms with van der Waals surface area (Å²) in [6.45, 7) is 3.92. The Kier molecular flexibility index (Phi) is 4.35. The molecule has 0 aliphatic heterocycles. The normalized spacial score (nSPS) is 10.7. The van der Waals surface area contributed by atoms with E-state index >= 15 is 0 Å². The molecule has 0 amide bonds. The molecule has 0 fully saturated rings. The Hall–Kier alpha value is -1.22. The van der Waals surface area contributed by atoms with Crippen molar-refractivity contribution in [2.45, 2.75) is 13.8 Å². The summed E-state index contributed by atoms with van der Waals surface area (Å²) in [6.07, 6.45) is 1.38. The molecular weight excluding hydrogens is 304 g/mol. The van der Waals surface area contributed by atoms with Crippen molar-refractivity contribution in [3.8, 4) is 0 Å². The van der Waals surface area contributed by atoms with Gasteiger partial charge in [0.25, 0.3) is 8.61 Å². The van der Waals surface area contributed by atoms with Gasteiger partial charge >= 0.3 is 0 Å². The average molecular weight is 314 g/mol. The van der Waals surface area contributed by atoms with Crippen molar-refractivity contribution >= 4 is 43.3 Å². The van der Waals surface area contributed by atoms with Crippen LogP contribution in [0.25, 0.3) is 0 Å². The van der Waals surface area contributed by atoms with Crippen LogP contribution in [0.5, 0.6) is 0 Å². The molecule has 2 rings (SSSR count). The van der Waals surface area contributed by atoms with E-state index in [1.807, 2.05) is 32.0 Å². The van der Waals surface area contributed by atoms with Crippen LogP contribution in [0.15, 0.2) is 24.4 Å². The highest BCUT2D eigenvalue weighted by Crippen LogP contribution is 2.37. The number of benzene rings is 1. The first kappa shape index (κ1) is 14.2. The van der Waals surface area contributed by atoms with Crippen molar-refractivity contribution < 1.29 is 4.57 Å². The highest BCUT2D eigenvalue weighted by atomic mass is 35.5. The molecule has 1 heterocycles. The van der Waals surface area contributed by atoms with Crippen LogP contribution < -0.4 is 4.67 Å². The summed E-state index contributed by atoms with van der Waals surface area (Å²) in [7, 11) is -0.244. The fourth-order valence-electron chi connectivity index (χ4n) is 1.65. The minimum absolute atomic E-state index is 0.0540. The maximum absolute atomic E-state index is 11.5. The number of anilines is 2. The Labute approximate surface area is 122 Å². The summed E-state index contributed by atoms with van der Waals surface area (Å²) in [5.41, 5.74) is 2.84. The van der Waals surface area contributed by atoms with E-state index < -0.39 is 0 Å². The predicted molar refractivity (Wildman–Crippen MR) is 77.7 cm³/mol. The van der Waals surface area contributed by atoms with Crippen LogP contribution in [0.3, 0.4) is 0 Å². The van der Waals surface area contributed by atoms with E-state index in [1.165, 1.54) is 10.9 Å². The number of nitrogens with zero attached hydrogens (tertiary/aromatic N) is 3. The van der Waals surface area contributed by atoms with Gasteiger partial charge in [-0.25, -0.2) is 14.2 Å². The zero-order valence-corrected chi connectivity index (χ0v) is 12.7. The molecule has 2 aromatic rings.